The molecular weight excluding hydrogens is 436 g/mol. The van der Waals surface area contributed by atoms with E-state index in [1.54, 1.807) is 6.92 Å². The third kappa shape index (κ3) is 4.21. The van der Waals surface area contributed by atoms with Crippen molar-refractivity contribution in [1.82, 2.24) is 4.31 Å². The lowest BCUT2D eigenvalue weighted by Gasteiger charge is -2.15. The number of carbonyl (C=O) groups excluding carboxylic acids is 2. The largest absolute Gasteiger partial charge is 0.462 e. The molecule has 0 spiro atoms. The van der Waals surface area contributed by atoms with Crippen molar-refractivity contribution in [1.29, 1.82) is 0 Å². The molecule has 7 nitrogen and oxygen atoms in total. The summed E-state index contributed by atoms with van der Waals surface area (Å²) in [6, 6.07) is 13.2. The second-order valence-corrected chi connectivity index (χ2v) is 10.1. The quantitative estimate of drug-likeness (QED) is 0.561. The zero-order valence-electron chi connectivity index (χ0n) is 17.0. The smallest absolute Gasteiger partial charge is 0.341 e. The number of nitrogens with zero attached hydrogens (tertiary/aromatic N) is 1. The topological polar surface area (TPSA) is 92.8 Å². The van der Waals surface area contributed by atoms with Crippen molar-refractivity contribution in [3.63, 3.8) is 0 Å². The normalized spacial score (nSPS) is 14.6. The van der Waals surface area contributed by atoms with Gasteiger partial charge in [0.15, 0.2) is 0 Å². The summed E-state index contributed by atoms with van der Waals surface area (Å²) < 4.78 is 32.8. The molecular formula is C22H22N2O5S2. The van der Waals surface area contributed by atoms with E-state index >= 15 is 0 Å². The number of thiophene rings is 1. The van der Waals surface area contributed by atoms with Crippen molar-refractivity contribution in [2.75, 3.05) is 25.0 Å². The highest BCUT2D eigenvalue weighted by Gasteiger charge is 2.27. The molecule has 0 bridgehead atoms. The molecule has 0 saturated carbocycles. The van der Waals surface area contributed by atoms with Gasteiger partial charge in [-0.1, -0.05) is 18.2 Å². The lowest BCUT2D eigenvalue weighted by atomic mass is 10.1. The van der Waals surface area contributed by atoms with Gasteiger partial charge in [0.2, 0.25) is 10.0 Å². The first-order chi connectivity index (χ1) is 14.9. The number of anilines is 1. The lowest BCUT2D eigenvalue weighted by Crippen LogP contribution is -2.27. The average molecular weight is 459 g/mol. The van der Waals surface area contributed by atoms with E-state index in [1.165, 1.54) is 39.9 Å². The van der Waals surface area contributed by atoms with E-state index in [0.29, 0.717) is 34.6 Å². The van der Waals surface area contributed by atoms with Crippen molar-refractivity contribution < 1.29 is 22.7 Å². The molecule has 0 atom stereocenters. The molecule has 4 rings (SSSR count). The molecule has 1 fully saturated rings. The average Bonchev–Trinajstić information content (AvgIpc) is 3.42. The Morgan fingerprint density at radius 1 is 1.06 bits per heavy atom. The molecule has 1 aromatic heterocycles. The van der Waals surface area contributed by atoms with Gasteiger partial charge in [-0.15, -0.1) is 11.3 Å². The molecule has 1 saturated heterocycles. The number of benzene rings is 2. The van der Waals surface area contributed by atoms with Crippen LogP contribution in [0.2, 0.25) is 0 Å². The summed E-state index contributed by atoms with van der Waals surface area (Å²) in [6.45, 7) is 2.99. The summed E-state index contributed by atoms with van der Waals surface area (Å²) >= 11 is 1.29. The molecule has 3 aromatic rings. The number of nitrogens with one attached hydrogen (secondary N) is 1. The fraction of sp³-hybridized carbons (Fsp3) is 0.273. The third-order valence-electron chi connectivity index (χ3n) is 5.12. The van der Waals surface area contributed by atoms with Gasteiger partial charge in [-0.25, -0.2) is 13.2 Å². The van der Waals surface area contributed by atoms with E-state index < -0.39 is 21.9 Å². The minimum Gasteiger partial charge on any atom is -0.462 e. The van der Waals surface area contributed by atoms with Crippen LogP contribution in [0.1, 0.15) is 40.5 Å². The molecule has 9 heteroatoms. The molecule has 2 aromatic carbocycles. The second kappa shape index (κ2) is 8.78. The molecule has 0 aliphatic carbocycles. The van der Waals surface area contributed by atoms with Crippen molar-refractivity contribution >= 4 is 48.3 Å². The molecule has 162 valence electrons. The van der Waals surface area contributed by atoms with Crippen LogP contribution < -0.4 is 5.32 Å². The summed E-state index contributed by atoms with van der Waals surface area (Å²) in [5.74, 6) is -0.926. The van der Waals surface area contributed by atoms with E-state index in [9.17, 15) is 18.0 Å². The number of ether oxygens (including phenoxy) is 1. The second-order valence-electron chi connectivity index (χ2n) is 7.11. The zero-order valence-corrected chi connectivity index (χ0v) is 18.6. The Morgan fingerprint density at radius 3 is 2.42 bits per heavy atom. The predicted molar refractivity (Wildman–Crippen MR) is 120 cm³/mol. The van der Waals surface area contributed by atoms with Crippen LogP contribution in [-0.4, -0.2) is 44.3 Å². The number of hydrogen-bond acceptors (Lipinski definition) is 6. The standard InChI is InChI=1S/C22H22N2O5S2/c1-2-29-22(26)19-17-7-3-4-8-18(17)30-21(19)23-20(25)15-9-11-16(12-10-15)31(27,28)24-13-5-6-14-24/h3-4,7-12H,2,5-6,13-14H2,1H3,(H,23,25). The maximum absolute atomic E-state index is 12.8. The van der Waals surface area contributed by atoms with E-state index in [0.717, 1.165) is 17.5 Å². The predicted octanol–water partition coefficient (Wildman–Crippen LogP) is 4.11. The minimum atomic E-state index is -3.54. The fourth-order valence-electron chi connectivity index (χ4n) is 3.57. The Labute approximate surface area is 184 Å². The third-order valence-corrected chi connectivity index (χ3v) is 8.12. The molecule has 0 radical (unpaired) electrons. The van der Waals surface area contributed by atoms with E-state index in [1.807, 2.05) is 24.3 Å². The van der Waals surface area contributed by atoms with Crippen molar-refractivity contribution in [2.24, 2.45) is 0 Å². The van der Waals surface area contributed by atoms with Crippen LogP contribution in [0, 0.1) is 0 Å². The summed E-state index contributed by atoms with van der Waals surface area (Å²) in [6.07, 6.45) is 1.72. The number of esters is 1. The van der Waals surface area contributed by atoms with Crippen LogP contribution in [0.3, 0.4) is 0 Å². The van der Waals surface area contributed by atoms with Crippen LogP contribution >= 0.6 is 11.3 Å². The number of sulfonamides is 1. The van der Waals surface area contributed by atoms with Crippen LogP contribution in [0.4, 0.5) is 5.00 Å². The SMILES string of the molecule is CCOC(=O)c1c(NC(=O)c2ccc(S(=O)(=O)N3CCCC3)cc2)sc2ccccc12. The Hall–Kier alpha value is -2.75. The molecule has 1 N–H and O–H groups in total. The molecule has 1 aliphatic heterocycles. The number of fused-ring (bicyclic) bond motifs is 1. The molecule has 1 amide bonds. The van der Waals surface area contributed by atoms with Gasteiger partial charge >= 0.3 is 5.97 Å². The van der Waals surface area contributed by atoms with Crippen LogP contribution in [0.15, 0.2) is 53.4 Å². The monoisotopic (exact) mass is 458 g/mol. The molecule has 2 heterocycles. The summed E-state index contributed by atoms with van der Waals surface area (Å²) in [7, 11) is -3.54. The van der Waals surface area contributed by atoms with Gasteiger partial charge in [0.25, 0.3) is 5.91 Å². The molecule has 0 unspecified atom stereocenters. The first-order valence-electron chi connectivity index (χ1n) is 10.0. The van der Waals surface area contributed by atoms with E-state index in [2.05, 4.69) is 5.32 Å². The number of carbonyl (C=O) groups is 2. The highest BCUT2D eigenvalue weighted by Crippen LogP contribution is 2.36. The molecule has 31 heavy (non-hydrogen) atoms. The first-order valence-corrected chi connectivity index (χ1v) is 12.3. The fourth-order valence-corrected chi connectivity index (χ4v) is 6.17. The highest BCUT2D eigenvalue weighted by molar-refractivity contribution is 7.89. The minimum absolute atomic E-state index is 0.167. The van der Waals surface area contributed by atoms with Crippen molar-refractivity contribution in [3.8, 4) is 0 Å². The van der Waals surface area contributed by atoms with Crippen LogP contribution in [0.5, 0.6) is 0 Å². The van der Waals surface area contributed by atoms with Gasteiger partial charge in [-0.3, -0.25) is 4.79 Å². The zero-order chi connectivity index (χ0) is 22.0. The van der Waals surface area contributed by atoms with Crippen molar-refractivity contribution in [2.45, 2.75) is 24.7 Å². The van der Waals surface area contributed by atoms with Gasteiger partial charge in [-0.2, -0.15) is 4.31 Å². The highest BCUT2D eigenvalue weighted by atomic mass is 32.2. The van der Waals surface area contributed by atoms with Gasteiger partial charge in [0.1, 0.15) is 10.6 Å². The van der Waals surface area contributed by atoms with Crippen molar-refractivity contribution in [3.05, 3.63) is 59.7 Å². The maximum Gasteiger partial charge on any atom is 0.341 e. The summed E-state index contributed by atoms with van der Waals surface area (Å²) in [5, 5.41) is 3.91. The van der Waals surface area contributed by atoms with Crippen LogP contribution in [0.25, 0.3) is 10.1 Å². The van der Waals surface area contributed by atoms with Gasteiger partial charge in [0.05, 0.1) is 11.5 Å². The Kier molecular flexibility index (Phi) is 6.08. The van der Waals surface area contributed by atoms with Gasteiger partial charge in [0, 0.05) is 28.7 Å². The Balaban J connectivity index is 1.59. The van der Waals surface area contributed by atoms with Gasteiger partial charge < -0.3 is 10.1 Å². The van der Waals surface area contributed by atoms with E-state index in [-0.39, 0.29) is 11.5 Å². The maximum atomic E-state index is 12.8. The number of hydrogen-bond donors (Lipinski definition) is 1. The summed E-state index contributed by atoms with van der Waals surface area (Å²) in [5.41, 5.74) is 0.622. The molecule has 1 aliphatic rings. The van der Waals surface area contributed by atoms with E-state index in [4.69, 9.17) is 4.74 Å². The van der Waals surface area contributed by atoms with Gasteiger partial charge in [-0.05, 0) is 50.1 Å². The number of amides is 1. The summed E-state index contributed by atoms with van der Waals surface area (Å²) in [4.78, 5) is 25.5. The van der Waals surface area contributed by atoms with Crippen LogP contribution in [-0.2, 0) is 14.8 Å². The first kappa shape index (κ1) is 21.5. The Bertz CT molecular complexity index is 1230. The lowest BCUT2D eigenvalue weighted by molar-refractivity contribution is 0.0530. The number of rotatable bonds is 6. The Morgan fingerprint density at radius 2 is 1.74 bits per heavy atom.